The molecule has 0 N–H and O–H groups in total. The monoisotopic (exact) mass is 228 g/mol. The summed E-state index contributed by atoms with van der Waals surface area (Å²) in [5.74, 6) is 0.353. The normalized spacial score (nSPS) is 10.1. The van der Waals surface area contributed by atoms with Gasteiger partial charge in [0.1, 0.15) is 11.6 Å². The molecule has 1 aromatic heterocycles. The van der Waals surface area contributed by atoms with E-state index in [-0.39, 0.29) is 18.0 Å². The third-order valence-electron chi connectivity index (χ3n) is 1.54. The van der Waals surface area contributed by atoms with Crippen LogP contribution in [0.1, 0.15) is 18.2 Å². The smallest absolute Gasteiger partial charge is 0.150 e. The van der Waals surface area contributed by atoms with Crippen LogP contribution in [0.3, 0.4) is 0 Å². The van der Waals surface area contributed by atoms with Gasteiger partial charge in [0.05, 0.1) is 16.4 Å². The minimum absolute atomic E-state index is 0.00792. The van der Waals surface area contributed by atoms with Gasteiger partial charge in [0.15, 0.2) is 0 Å². The van der Waals surface area contributed by atoms with Crippen LogP contribution in [0.5, 0.6) is 0 Å². The molecule has 0 saturated carbocycles. The van der Waals surface area contributed by atoms with Crippen molar-refractivity contribution in [2.75, 3.05) is 5.75 Å². The van der Waals surface area contributed by atoms with Crippen LogP contribution >= 0.6 is 23.1 Å². The average Bonchev–Trinajstić information content (AvgIpc) is 2.47. The molecule has 4 heteroatoms. The van der Waals surface area contributed by atoms with Crippen LogP contribution in [0.25, 0.3) is 0 Å². The number of rotatable bonds is 5. The van der Waals surface area contributed by atoms with Crippen molar-refractivity contribution in [3.05, 3.63) is 17.0 Å². The largest absolute Gasteiger partial charge is 0.300 e. The molecule has 0 saturated heterocycles. The van der Waals surface area contributed by atoms with E-state index < -0.39 is 0 Å². The van der Waals surface area contributed by atoms with Crippen LogP contribution in [0, 0.1) is 6.92 Å². The van der Waals surface area contributed by atoms with Crippen molar-refractivity contribution in [3.8, 4) is 0 Å². The van der Waals surface area contributed by atoms with Gasteiger partial charge in [-0.2, -0.15) is 0 Å². The van der Waals surface area contributed by atoms with Gasteiger partial charge >= 0.3 is 0 Å². The molecular weight excluding hydrogens is 216 g/mol. The van der Waals surface area contributed by atoms with E-state index in [4.69, 9.17) is 0 Å². The van der Waals surface area contributed by atoms with E-state index in [1.807, 2.05) is 19.1 Å². The number of Topliss-reactive ketones (excluding diaryl/α,β-unsaturated/α-hetero) is 2. The Bertz CT molecular complexity index is 342. The van der Waals surface area contributed by atoms with Gasteiger partial charge in [-0.25, -0.2) is 0 Å². The number of ketones is 2. The molecule has 0 atom stereocenters. The summed E-state index contributed by atoms with van der Waals surface area (Å²) in [7, 11) is 0. The van der Waals surface area contributed by atoms with Crippen molar-refractivity contribution in [1.29, 1.82) is 0 Å². The highest BCUT2D eigenvalue weighted by molar-refractivity contribution is 8.01. The van der Waals surface area contributed by atoms with E-state index in [0.717, 1.165) is 4.21 Å². The fourth-order valence-electron chi connectivity index (χ4n) is 0.970. The molecular formula is C10H12O2S2. The van der Waals surface area contributed by atoms with Crippen molar-refractivity contribution >= 4 is 34.7 Å². The molecule has 0 aromatic carbocycles. The van der Waals surface area contributed by atoms with Crippen molar-refractivity contribution in [3.63, 3.8) is 0 Å². The Morgan fingerprint density at radius 2 is 2.14 bits per heavy atom. The summed E-state index contributed by atoms with van der Waals surface area (Å²) in [5, 5.41) is 0. The zero-order valence-corrected chi connectivity index (χ0v) is 9.83. The summed E-state index contributed by atoms with van der Waals surface area (Å²) >= 11 is 3.18. The van der Waals surface area contributed by atoms with E-state index >= 15 is 0 Å². The maximum Gasteiger partial charge on any atom is 0.150 e. The number of carbonyl (C=O) groups excluding carboxylic acids is 2. The number of thiophene rings is 1. The summed E-state index contributed by atoms with van der Waals surface area (Å²) < 4.78 is 1.14. The molecule has 0 unspecified atom stereocenters. The highest BCUT2D eigenvalue weighted by Crippen LogP contribution is 2.26. The van der Waals surface area contributed by atoms with Gasteiger partial charge < -0.3 is 0 Å². The number of hydrogen-bond acceptors (Lipinski definition) is 4. The molecule has 0 spiro atoms. The lowest BCUT2D eigenvalue weighted by molar-refractivity contribution is -0.124. The Balaban J connectivity index is 2.34. The summed E-state index contributed by atoms with van der Waals surface area (Å²) in [5.41, 5.74) is 0. The Morgan fingerprint density at radius 3 is 2.64 bits per heavy atom. The molecule has 0 fully saturated rings. The molecule has 1 rings (SSSR count). The second kappa shape index (κ2) is 5.32. The number of aryl methyl sites for hydroxylation is 1. The fourth-order valence-corrected chi connectivity index (χ4v) is 2.94. The molecule has 0 amide bonds. The number of carbonyl (C=O) groups is 2. The molecule has 0 aliphatic carbocycles. The maximum atomic E-state index is 11.2. The van der Waals surface area contributed by atoms with Gasteiger partial charge in [0.25, 0.3) is 0 Å². The predicted molar refractivity (Wildman–Crippen MR) is 60.1 cm³/mol. The molecule has 14 heavy (non-hydrogen) atoms. The highest BCUT2D eigenvalue weighted by Gasteiger charge is 2.06. The van der Waals surface area contributed by atoms with Crippen molar-refractivity contribution in [2.24, 2.45) is 0 Å². The molecule has 0 aliphatic heterocycles. The first-order valence-corrected chi connectivity index (χ1v) is 6.08. The van der Waals surface area contributed by atoms with Crippen LogP contribution in [-0.2, 0) is 9.59 Å². The first kappa shape index (κ1) is 11.5. The average molecular weight is 228 g/mol. The minimum Gasteiger partial charge on any atom is -0.300 e. The summed E-state index contributed by atoms with van der Waals surface area (Å²) in [6.07, 6.45) is 0.0668. The van der Waals surface area contributed by atoms with Crippen LogP contribution in [-0.4, -0.2) is 17.3 Å². The zero-order valence-electron chi connectivity index (χ0n) is 8.20. The first-order valence-electron chi connectivity index (χ1n) is 4.28. The van der Waals surface area contributed by atoms with Crippen molar-refractivity contribution in [2.45, 2.75) is 24.5 Å². The standard InChI is InChI=1S/C10H12O2S2/c1-7(11)5-9(12)6-13-10-4-3-8(2)14-10/h3-4H,5-6H2,1-2H3. The zero-order chi connectivity index (χ0) is 10.6. The van der Waals surface area contributed by atoms with E-state index in [2.05, 4.69) is 0 Å². The van der Waals surface area contributed by atoms with Gasteiger partial charge in [-0.05, 0) is 26.0 Å². The molecule has 76 valence electrons. The maximum absolute atomic E-state index is 11.2. The molecule has 1 heterocycles. The van der Waals surface area contributed by atoms with Gasteiger partial charge in [-0.1, -0.05) is 0 Å². The first-order chi connectivity index (χ1) is 6.58. The Morgan fingerprint density at radius 1 is 1.43 bits per heavy atom. The van der Waals surface area contributed by atoms with Crippen molar-refractivity contribution in [1.82, 2.24) is 0 Å². The lowest BCUT2D eigenvalue weighted by Gasteiger charge is -1.95. The van der Waals surface area contributed by atoms with E-state index in [9.17, 15) is 9.59 Å². The second-order valence-corrected chi connectivity index (χ2v) is 5.63. The minimum atomic E-state index is -0.0574. The van der Waals surface area contributed by atoms with Crippen LogP contribution in [0.2, 0.25) is 0 Å². The third-order valence-corrected chi connectivity index (χ3v) is 3.82. The van der Waals surface area contributed by atoms with Crippen LogP contribution < -0.4 is 0 Å². The van der Waals surface area contributed by atoms with Gasteiger partial charge in [-0.3, -0.25) is 9.59 Å². The number of hydrogen-bond donors (Lipinski definition) is 0. The molecule has 0 aliphatic rings. The molecule has 0 bridgehead atoms. The lowest BCUT2D eigenvalue weighted by atomic mass is 10.2. The predicted octanol–water partition coefficient (Wildman–Crippen LogP) is 2.70. The van der Waals surface area contributed by atoms with Crippen molar-refractivity contribution < 1.29 is 9.59 Å². The third kappa shape index (κ3) is 4.07. The Labute approximate surface area is 91.7 Å². The van der Waals surface area contributed by atoms with Gasteiger partial charge in [-0.15, -0.1) is 23.1 Å². The topological polar surface area (TPSA) is 34.1 Å². The van der Waals surface area contributed by atoms with E-state index in [1.54, 1.807) is 11.3 Å². The summed E-state index contributed by atoms with van der Waals surface area (Å²) in [6.45, 7) is 3.48. The quantitative estimate of drug-likeness (QED) is 0.574. The second-order valence-electron chi connectivity index (χ2n) is 3.07. The van der Waals surface area contributed by atoms with E-state index in [1.165, 1.54) is 23.6 Å². The Kier molecular flexibility index (Phi) is 4.35. The van der Waals surface area contributed by atoms with Gasteiger partial charge in [0.2, 0.25) is 0 Å². The lowest BCUT2D eigenvalue weighted by Crippen LogP contribution is -2.06. The van der Waals surface area contributed by atoms with Crippen LogP contribution in [0.4, 0.5) is 0 Å². The van der Waals surface area contributed by atoms with Gasteiger partial charge in [0, 0.05) is 4.88 Å². The summed E-state index contributed by atoms with van der Waals surface area (Å²) in [4.78, 5) is 23.1. The van der Waals surface area contributed by atoms with Crippen LogP contribution in [0.15, 0.2) is 16.3 Å². The molecule has 2 nitrogen and oxygen atoms in total. The molecule has 0 radical (unpaired) electrons. The fraction of sp³-hybridized carbons (Fsp3) is 0.400. The number of thioether (sulfide) groups is 1. The molecule has 1 aromatic rings. The SMILES string of the molecule is CC(=O)CC(=O)CSc1ccc(C)s1. The highest BCUT2D eigenvalue weighted by atomic mass is 32.2. The van der Waals surface area contributed by atoms with E-state index in [0.29, 0.717) is 5.75 Å². The summed E-state index contributed by atoms with van der Waals surface area (Å²) in [6, 6.07) is 4.04. The Hall–Kier alpha value is -0.610.